The predicted molar refractivity (Wildman–Crippen MR) is 52.3 cm³/mol. The maximum Gasteiger partial charge on any atom is 0.157 e. The van der Waals surface area contributed by atoms with Crippen LogP contribution in [0.15, 0.2) is 6.58 Å². The number of benzene rings is 1. The first kappa shape index (κ1) is 10.8. The maximum absolute atomic E-state index is 10.5. The Morgan fingerprint density at radius 1 is 0.800 bits per heavy atom. The fourth-order valence-corrected chi connectivity index (χ4v) is 1.19. The summed E-state index contributed by atoms with van der Waals surface area (Å²) in [6.45, 7) is 3.30. The van der Waals surface area contributed by atoms with Gasteiger partial charge in [0.2, 0.25) is 0 Å². The Hall–Kier alpha value is -2.30. The van der Waals surface area contributed by atoms with Crippen molar-refractivity contribution in [3.8, 4) is 17.2 Å². The third kappa shape index (κ3) is 1.43. The topological polar surface area (TPSA) is 94.8 Å². The molecule has 78 valence electrons. The van der Waals surface area contributed by atoms with Gasteiger partial charge >= 0.3 is 0 Å². The largest absolute Gasteiger partial charge is 0.506 e. The fraction of sp³-hybridized carbons (Fsp3) is 0. The minimum atomic E-state index is -0.749. The number of hydrogen-bond acceptors (Lipinski definition) is 5. The molecule has 0 bridgehead atoms. The minimum absolute atomic E-state index is 0.169. The lowest BCUT2D eigenvalue weighted by atomic mass is 10.0. The number of carbonyl (C=O) groups excluding carboxylic acids is 2. The zero-order valence-electron chi connectivity index (χ0n) is 7.60. The van der Waals surface area contributed by atoms with Gasteiger partial charge in [0, 0.05) is 0 Å². The lowest BCUT2D eigenvalue weighted by molar-refractivity contribution is 0.111. The standard InChI is InChI=1S/C10H8O5/c1-2-5-8(13)6(3-11)10(15)7(4-12)9(5)14/h2-4,13-15H,1H2. The van der Waals surface area contributed by atoms with E-state index in [1.54, 1.807) is 0 Å². The monoisotopic (exact) mass is 208 g/mol. The van der Waals surface area contributed by atoms with Gasteiger partial charge in [0.25, 0.3) is 0 Å². The number of aromatic hydroxyl groups is 3. The van der Waals surface area contributed by atoms with Crippen LogP contribution in [0.4, 0.5) is 0 Å². The summed E-state index contributed by atoms with van der Waals surface area (Å²) in [6, 6.07) is 0. The molecule has 0 amide bonds. The summed E-state index contributed by atoms with van der Waals surface area (Å²) >= 11 is 0. The highest BCUT2D eigenvalue weighted by Gasteiger charge is 2.20. The summed E-state index contributed by atoms with van der Waals surface area (Å²) in [5, 5.41) is 28.2. The number of carbonyl (C=O) groups is 2. The first-order chi connectivity index (χ1) is 7.08. The molecular formula is C10H8O5. The Morgan fingerprint density at radius 2 is 1.13 bits per heavy atom. The quantitative estimate of drug-likeness (QED) is 0.646. The van der Waals surface area contributed by atoms with E-state index in [1.165, 1.54) is 0 Å². The maximum atomic E-state index is 10.5. The zero-order chi connectivity index (χ0) is 11.6. The highest BCUT2D eigenvalue weighted by atomic mass is 16.3. The molecule has 1 rings (SSSR count). The van der Waals surface area contributed by atoms with Gasteiger partial charge in [0.15, 0.2) is 12.6 Å². The van der Waals surface area contributed by atoms with Crippen LogP contribution < -0.4 is 0 Å². The average Bonchev–Trinajstić information content (AvgIpc) is 2.19. The van der Waals surface area contributed by atoms with E-state index < -0.39 is 28.4 Å². The van der Waals surface area contributed by atoms with Gasteiger partial charge in [-0.05, 0) is 0 Å². The molecule has 0 fully saturated rings. The lowest BCUT2D eigenvalue weighted by Crippen LogP contribution is -1.94. The number of aldehydes is 2. The average molecular weight is 208 g/mol. The Balaban J connectivity index is 3.79. The minimum Gasteiger partial charge on any atom is -0.506 e. The van der Waals surface area contributed by atoms with Gasteiger partial charge in [-0.1, -0.05) is 12.7 Å². The van der Waals surface area contributed by atoms with Crippen LogP contribution in [0.1, 0.15) is 26.3 Å². The van der Waals surface area contributed by atoms with Gasteiger partial charge in [-0.25, -0.2) is 0 Å². The van der Waals surface area contributed by atoms with Crippen LogP contribution in [0.3, 0.4) is 0 Å². The molecule has 15 heavy (non-hydrogen) atoms. The van der Waals surface area contributed by atoms with Gasteiger partial charge < -0.3 is 15.3 Å². The summed E-state index contributed by atoms with van der Waals surface area (Å²) in [5.74, 6) is -1.97. The summed E-state index contributed by atoms with van der Waals surface area (Å²) < 4.78 is 0. The van der Waals surface area contributed by atoms with Crippen molar-refractivity contribution in [3.63, 3.8) is 0 Å². The molecule has 0 radical (unpaired) electrons. The Kier molecular flexibility index (Phi) is 2.75. The van der Waals surface area contributed by atoms with Crippen molar-refractivity contribution in [1.82, 2.24) is 0 Å². The molecule has 0 saturated carbocycles. The van der Waals surface area contributed by atoms with Crippen LogP contribution in [0, 0.1) is 0 Å². The van der Waals surface area contributed by atoms with E-state index in [2.05, 4.69) is 6.58 Å². The van der Waals surface area contributed by atoms with Crippen LogP contribution in [-0.4, -0.2) is 27.9 Å². The molecule has 0 aliphatic heterocycles. The molecular weight excluding hydrogens is 200 g/mol. The van der Waals surface area contributed by atoms with Crippen molar-refractivity contribution in [1.29, 1.82) is 0 Å². The summed E-state index contributed by atoms with van der Waals surface area (Å²) in [7, 11) is 0. The van der Waals surface area contributed by atoms with Crippen LogP contribution in [0.2, 0.25) is 0 Å². The summed E-state index contributed by atoms with van der Waals surface area (Å²) in [4.78, 5) is 21.1. The second-order valence-corrected chi connectivity index (χ2v) is 2.73. The third-order valence-electron chi connectivity index (χ3n) is 1.97. The first-order valence-corrected chi connectivity index (χ1v) is 3.92. The van der Waals surface area contributed by atoms with E-state index in [0.29, 0.717) is 0 Å². The Morgan fingerprint density at radius 3 is 1.40 bits per heavy atom. The third-order valence-corrected chi connectivity index (χ3v) is 1.97. The van der Waals surface area contributed by atoms with Crippen molar-refractivity contribution in [2.45, 2.75) is 0 Å². The van der Waals surface area contributed by atoms with Crippen LogP contribution in [0.25, 0.3) is 6.08 Å². The summed E-state index contributed by atoms with van der Waals surface area (Å²) in [6.07, 6.45) is 1.44. The number of hydrogen-bond donors (Lipinski definition) is 3. The van der Waals surface area contributed by atoms with Gasteiger partial charge in [0.05, 0.1) is 16.7 Å². The fourth-order valence-electron chi connectivity index (χ4n) is 1.19. The molecule has 0 atom stereocenters. The molecule has 0 aliphatic carbocycles. The van der Waals surface area contributed by atoms with E-state index in [9.17, 15) is 24.9 Å². The first-order valence-electron chi connectivity index (χ1n) is 3.92. The number of rotatable bonds is 3. The van der Waals surface area contributed by atoms with E-state index in [-0.39, 0.29) is 18.1 Å². The molecule has 0 saturated heterocycles. The molecule has 0 aromatic heterocycles. The van der Waals surface area contributed by atoms with E-state index in [1.807, 2.05) is 0 Å². The number of phenols is 3. The molecule has 0 unspecified atom stereocenters. The number of phenolic OH excluding ortho intramolecular Hbond substituents is 3. The van der Waals surface area contributed by atoms with Gasteiger partial charge in [0.1, 0.15) is 17.2 Å². The molecule has 3 N–H and O–H groups in total. The van der Waals surface area contributed by atoms with E-state index in [0.717, 1.165) is 6.08 Å². The second-order valence-electron chi connectivity index (χ2n) is 2.73. The van der Waals surface area contributed by atoms with Crippen molar-refractivity contribution in [3.05, 3.63) is 23.3 Å². The Bertz CT molecular complexity index is 360. The highest BCUT2D eigenvalue weighted by molar-refractivity contribution is 5.96. The van der Waals surface area contributed by atoms with Crippen molar-refractivity contribution >= 4 is 18.6 Å². The molecule has 1 aromatic rings. The van der Waals surface area contributed by atoms with Crippen LogP contribution in [-0.2, 0) is 0 Å². The second kappa shape index (κ2) is 3.83. The molecule has 0 aliphatic rings. The smallest absolute Gasteiger partial charge is 0.157 e. The molecule has 0 heterocycles. The Labute approximate surface area is 84.9 Å². The predicted octanol–water partition coefficient (Wildman–Crippen LogP) is 1.07. The van der Waals surface area contributed by atoms with Gasteiger partial charge in [-0.3, -0.25) is 9.59 Å². The lowest BCUT2D eigenvalue weighted by Gasteiger charge is -2.09. The van der Waals surface area contributed by atoms with Gasteiger partial charge in [-0.2, -0.15) is 0 Å². The van der Waals surface area contributed by atoms with Crippen molar-refractivity contribution in [2.75, 3.05) is 0 Å². The highest BCUT2D eigenvalue weighted by Crippen LogP contribution is 2.40. The molecule has 0 spiro atoms. The van der Waals surface area contributed by atoms with Crippen LogP contribution in [0.5, 0.6) is 17.2 Å². The zero-order valence-corrected chi connectivity index (χ0v) is 7.60. The molecule has 5 nitrogen and oxygen atoms in total. The van der Waals surface area contributed by atoms with Gasteiger partial charge in [-0.15, -0.1) is 0 Å². The van der Waals surface area contributed by atoms with E-state index >= 15 is 0 Å². The molecule has 1 aromatic carbocycles. The molecule has 5 heteroatoms. The SMILES string of the molecule is C=Cc1c(O)c(C=O)c(O)c(C=O)c1O. The van der Waals surface area contributed by atoms with Crippen LogP contribution >= 0.6 is 0 Å². The van der Waals surface area contributed by atoms with Crippen molar-refractivity contribution in [2.24, 2.45) is 0 Å². The van der Waals surface area contributed by atoms with Crippen molar-refractivity contribution < 1.29 is 24.9 Å². The van der Waals surface area contributed by atoms with E-state index in [4.69, 9.17) is 0 Å². The summed E-state index contributed by atoms with van der Waals surface area (Å²) in [5.41, 5.74) is -1.08. The normalized spacial score (nSPS) is 9.60.